The van der Waals surface area contributed by atoms with Gasteiger partial charge < -0.3 is 10.6 Å². The molecule has 2 aromatic heterocycles. The summed E-state index contributed by atoms with van der Waals surface area (Å²) in [5.41, 5.74) is 2.80. The molecule has 2 heterocycles. The van der Waals surface area contributed by atoms with Gasteiger partial charge in [0.2, 0.25) is 0 Å². The highest BCUT2D eigenvalue weighted by Gasteiger charge is 2.30. The van der Waals surface area contributed by atoms with E-state index in [9.17, 15) is 13.2 Å². The van der Waals surface area contributed by atoms with Crippen LogP contribution in [0.15, 0.2) is 73.2 Å². The molecule has 0 atom stereocenters. The van der Waals surface area contributed by atoms with Crippen LogP contribution in [0.1, 0.15) is 22.3 Å². The Labute approximate surface area is 194 Å². The van der Waals surface area contributed by atoms with E-state index in [0.29, 0.717) is 28.7 Å². The lowest BCUT2D eigenvalue weighted by Crippen LogP contribution is -2.19. The molecule has 0 amide bonds. The zero-order chi connectivity index (χ0) is 23.4. The fraction of sp³-hybridized carbons (Fsp3) is 0.174. The highest BCUT2D eigenvalue weighted by molar-refractivity contribution is 7.80. The number of aromatic nitrogens is 4. The van der Waals surface area contributed by atoms with E-state index in [2.05, 4.69) is 39.9 Å². The second-order valence-electron chi connectivity index (χ2n) is 7.53. The summed E-state index contributed by atoms with van der Waals surface area (Å²) in [5.74, 6) is 0.595. The molecule has 0 aliphatic rings. The summed E-state index contributed by atoms with van der Waals surface area (Å²) >= 11 is 5.34. The average Bonchev–Trinajstić information content (AvgIpc) is 3.38. The van der Waals surface area contributed by atoms with Crippen LogP contribution in [0.25, 0.3) is 0 Å². The first kappa shape index (κ1) is 22.5. The van der Waals surface area contributed by atoms with E-state index in [4.69, 9.17) is 12.2 Å². The maximum atomic E-state index is 12.9. The Morgan fingerprint density at radius 2 is 1.82 bits per heavy atom. The SMILES string of the molecule is Cc1ccccc1Cn1ccc(NC(=S)Nc2cnn(Cc3cccc(C(F)(F)F)c3)c2)n1. The van der Waals surface area contributed by atoms with E-state index in [-0.39, 0.29) is 6.54 Å². The van der Waals surface area contributed by atoms with Gasteiger partial charge in [-0.25, -0.2) is 0 Å². The van der Waals surface area contributed by atoms with E-state index >= 15 is 0 Å². The first-order chi connectivity index (χ1) is 15.8. The largest absolute Gasteiger partial charge is 0.416 e. The Bertz CT molecular complexity index is 1260. The van der Waals surface area contributed by atoms with Crippen LogP contribution >= 0.6 is 12.2 Å². The average molecular weight is 471 g/mol. The maximum Gasteiger partial charge on any atom is 0.416 e. The van der Waals surface area contributed by atoms with Gasteiger partial charge in [0.1, 0.15) is 0 Å². The number of thiocarbonyl (C=S) groups is 1. The van der Waals surface area contributed by atoms with Crippen molar-refractivity contribution in [3.05, 3.63) is 95.4 Å². The summed E-state index contributed by atoms with van der Waals surface area (Å²) in [5, 5.41) is 15.0. The normalized spacial score (nSPS) is 11.4. The number of nitrogens with one attached hydrogen (secondary N) is 2. The molecule has 4 aromatic rings. The van der Waals surface area contributed by atoms with E-state index in [1.807, 2.05) is 29.1 Å². The Kier molecular flexibility index (Phi) is 6.45. The molecular formula is C23H21F3N6S. The zero-order valence-electron chi connectivity index (χ0n) is 17.7. The molecule has 0 saturated heterocycles. The summed E-state index contributed by atoms with van der Waals surface area (Å²) in [7, 11) is 0. The Morgan fingerprint density at radius 3 is 2.61 bits per heavy atom. The molecule has 0 unspecified atom stereocenters. The lowest BCUT2D eigenvalue weighted by atomic mass is 10.1. The second-order valence-corrected chi connectivity index (χ2v) is 7.94. The van der Waals surface area contributed by atoms with Crippen LogP contribution in [0.5, 0.6) is 0 Å². The highest BCUT2D eigenvalue weighted by atomic mass is 32.1. The number of rotatable bonds is 6. The maximum absolute atomic E-state index is 12.9. The van der Waals surface area contributed by atoms with Crippen LogP contribution in [0, 0.1) is 6.92 Å². The molecule has 6 nitrogen and oxygen atoms in total. The molecule has 0 aliphatic carbocycles. The van der Waals surface area contributed by atoms with Gasteiger partial charge in [0.25, 0.3) is 0 Å². The van der Waals surface area contributed by atoms with Gasteiger partial charge in [-0.15, -0.1) is 0 Å². The van der Waals surface area contributed by atoms with Crippen molar-refractivity contribution in [2.45, 2.75) is 26.2 Å². The molecular weight excluding hydrogens is 449 g/mol. The first-order valence-corrected chi connectivity index (χ1v) is 10.5. The predicted octanol–water partition coefficient (Wildman–Crippen LogP) is 5.31. The van der Waals surface area contributed by atoms with Gasteiger partial charge in [-0.1, -0.05) is 36.4 Å². The monoisotopic (exact) mass is 470 g/mol. The van der Waals surface area contributed by atoms with Crippen LogP contribution in [0.2, 0.25) is 0 Å². The third-order valence-electron chi connectivity index (χ3n) is 4.97. The highest BCUT2D eigenvalue weighted by Crippen LogP contribution is 2.29. The lowest BCUT2D eigenvalue weighted by molar-refractivity contribution is -0.137. The van der Waals surface area contributed by atoms with Crippen molar-refractivity contribution in [3.63, 3.8) is 0 Å². The number of alkyl halides is 3. The Hall–Kier alpha value is -3.66. The van der Waals surface area contributed by atoms with Gasteiger partial charge in [0.05, 0.1) is 30.5 Å². The fourth-order valence-corrected chi connectivity index (χ4v) is 3.53. The lowest BCUT2D eigenvalue weighted by Gasteiger charge is -2.09. The van der Waals surface area contributed by atoms with E-state index in [0.717, 1.165) is 12.1 Å². The molecule has 33 heavy (non-hydrogen) atoms. The second kappa shape index (κ2) is 9.45. The molecule has 0 radical (unpaired) electrons. The van der Waals surface area contributed by atoms with Gasteiger partial charge in [0.15, 0.2) is 10.9 Å². The van der Waals surface area contributed by atoms with Gasteiger partial charge in [-0.05, 0) is 48.0 Å². The predicted molar refractivity (Wildman–Crippen MR) is 125 cm³/mol. The summed E-state index contributed by atoms with van der Waals surface area (Å²) in [6.07, 6.45) is 0.714. The molecule has 2 N–H and O–H groups in total. The molecule has 4 rings (SSSR count). The quantitative estimate of drug-likeness (QED) is 0.374. The van der Waals surface area contributed by atoms with Crippen LogP contribution in [-0.2, 0) is 19.3 Å². The van der Waals surface area contributed by atoms with Crippen molar-refractivity contribution in [1.29, 1.82) is 0 Å². The Morgan fingerprint density at radius 1 is 1.00 bits per heavy atom. The van der Waals surface area contributed by atoms with Crippen molar-refractivity contribution in [1.82, 2.24) is 19.6 Å². The smallest absolute Gasteiger partial charge is 0.330 e. The minimum Gasteiger partial charge on any atom is -0.330 e. The molecule has 0 saturated carbocycles. The molecule has 170 valence electrons. The molecule has 0 spiro atoms. The number of aryl methyl sites for hydroxylation is 1. The van der Waals surface area contributed by atoms with Crippen LogP contribution in [-0.4, -0.2) is 24.7 Å². The molecule has 0 aliphatic heterocycles. The standard InChI is InChI=1S/C23H21F3N6S/c1-16-5-2-3-7-18(16)14-31-10-9-21(30-31)29-22(33)28-20-12-27-32(15-20)13-17-6-4-8-19(11-17)23(24,25)26/h2-12,15H,13-14H2,1H3,(H2,28,29,30,33). The minimum atomic E-state index is -4.38. The summed E-state index contributed by atoms with van der Waals surface area (Å²) in [6, 6.07) is 15.1. The third-order valence-corrected chi connectivity index (χ3v) is 5.17. The summed E-state index contributed by atoms with van der Waals surface area (Å²) < 4.78 is 42.1. The number of benzene rings is 2. The molecule has 10 heteroatoms. The van der Waals surface area contributed by atoms with E-state index in [1.165, 1.54) is 21.9 Å². The molecule has 0 fully saturated rings. The van der Waals surface area contributed by atoms with Crippen molar-refractivity contribution < 1.29 is 13.2 Å². The van der Waals surface area contributed by atoms with Crippen molar-refractivity contribution in [2.24, 2.45) is 0 Å². The third kappa shape index (κ3) is 5.98. The number of hydrogen-bond donors (Lipinski definition) is 2. The van der Waals surface area contributed by atoms with Gasteiger partial charge in [-0.2, -0.15) is 23.4 Å². The minimum absolute atomic E-state index is 0.203. The fourth-order valence-electron chi connectivity index (χ4n) is 3.30. The number of hydrogen-bond acceptors (Lipinski definition) is 3. The van der Waals surface area contributed by atoms with Crippen LogP contribution in [0.4, 0.5) is 24.7 Å². The summed E-state index contributed by atoms with van der Waals surface area (Å²) in [4.78, 5) is 0. The first-order valence-electron chi connectivity index (χ1n) is 10.1. The van der Waals surface area contributed by atoms with Crippen LogP contribution in [0.3, 0.4) is 0 Å². The zero-order valence-corrected chi connectivity index (χ0v) is 18.5. The van der Waals surface area contributed by atoms with Crippen molar-refractivity contribution in [2.75, 3.05) is 10.6 Å². The number of nitrogens with zero attached hydrogens (tertiary/aromatic N) is 4. The van der Waals surface area contributed by atoms with E-state index in [1.54, 1.807) is 18.5 Å². The molecule has 2 aromatic carbocycles. The topological polar surface area (TPSA) is 59.7 Å². The van der Waals surface area contributed by atoms with E-state index < -0.39 is 11.7 Å². The Balaban J connectivity index is 1.33. The van der Waals surface area contributed by atoms with Crippen LogP contribution < -0.4 is 10.6 Å². The van der Waals surface area contributed by atoms with Crippen molar-refractivity contribution >= 4 is 28.8 Å². The van der Waals surface area contributed by atoms with Gasteiger partial charge in [0, 0.05) is 18.5 Å². The van der Waals surface area contributed by atoms with Gasteiger partial charge >= 0.3 is 6.18 Å². The number of anilines is 2. The number of halogens is 3. The van der Waals surface area contributed by atoms with Crippen molar-refractivity contribution in [3.8, 4) is 0 Å². The summed E-state index contributed by atoms with van der Waals surface area (Å²) in [6.45, 7) is 2.91. The van der Waals surface area contributed by atoms with Gasteiger partial charge in [-0.3, -0.25) is 9.36 Å². The molecule has 0 bridgehead atoms.